The second-order valence-corrected chi connectivity index (χ2v) is 6.73. The maximum absolute atomic E-state index is 12.8. The van der Waals surface area contributed by atoms with Crippen molar-refractivity contribution in [2.75, 3.05) is 6.79 Å². The second kappa shape index (κ2) is 9.00. The van der Waals surface area contributed by atoms with E-state index in [0.29, 0.717) is 22.6 Å². The number of ether oxygens (including phenoxy) is 2. The summed E-state index contributed by atoms with van der Waals surface area (Å²) in [6, 6.07) is 17.6. The molecule has 31 heavy (non-hydrogen) atoms. The molecule has 0 saturated carbocycles. The van der Waals surface area contributed by atoms with Crippen molar-refractivity contribution in [1.82, 2.24) is 15.3 Å². The Hall–Kier alpha value is -4.33. The van der Waals surface area contributed by atoms with Gasteiger partial charge in [0.05, 0.1) is 11.9 Å². The van der Waals surface area contributed by atoms with Gasteiger partial charge in [-0.05, 0) is 48.0 Å². The van der Waals surface area contributed by atoms with Crippen LogP contribution in [0.1, 0.15) is 21.6 Å². The van der Waals surface area contributed by atoms with Crippen molar-refractivity contribution in [2.24, 2.45) is 12.1 Å². The van der Waals surface area contributed by atoms with Gasteiger partial charge in [-0.15, -0.1) is 0 Å². The molecule has 0 aliphatic carbocycles. The Bertz CT molecular complexity index is 1170. The van der Waals surface area contributed by atoms with E-state index in [-0.39, 0.29) is 12.5 Å². The van der Waals surface area contributed by atoms with Crippen molar-refractivity contribution in [3.05, 3.63) is 89.4 Å². The zero-order valence-electron chi connectivity index (χ0n) is 16.7. The number of fused-ring (bicyclic) bond motifs is 1. The fourth-order valence-corrected chi connectivity index (χ4v) is 2.94. The number of benzene rings is 2. The highest BCUT2D eigenvalue weighted by Crippen LogP contribution is 2.33. The molecule has 1 aromatic heterocycles. The molecule has 3 aromatic rings. The van der Waals surface area contributed by atoms with Gasteiger partial charge in [-0.25, -0.2) is 5.43 Å². The van der Waals surface area contributed by atoms with Crippen molar-refractivity contribution < 1.29 is 19.1 Å². The van der Waals surface area contributed by atoms with Crippen molar-refractivity contribution in [2.45, 2.75) is 0 Å². The number of hydrogen-bond donors (Lipinski definition) is 2. The predicted molar refractivity (Wildman–Crippen MR) is 116 cm³/mol. The average molecular weight is 416 g/mol. The average Bonchev–Trinajstić information content (AvgIpc) is 3.42. The molecule has 0 unspecified atom stereocenters. The smallest absolute Gasteiger partial charge is 0.287 e. The third-order valence-electron chi connectivity index (χ3n) is 4.58. The normalized spacial score (nSPS) is 12.7. The highest BCUT2D eigenvalue weighted by molar-refractivity contribution is 6.05. The van der Waals surface area contributed by atoms with Crippen LogP contribution < -0.4 is 20.2 Å². The minimum atomic E-state index is -0.563. The van der Waals surface area contributed by atoms with Crippen LogP contribution in [0.3, 0.4) is 0 Å². The Kier molecular flexibility index (Phi) is 5.79. The molecular formula is C23H20N4O4. The van der Waals surface area contributed by atoms with Crippen LogP contribution in [-0.2, 0) is 11.8 Å². The lowest BCUT2D eigenvalue weighted by molar-refractivity contribution is -0.117. The van der Waals surface area contributed by atoms with E-state index in [2.05, 4.69) is 15.8 Å². The summed E-state index contributed by atoms with van der Waals surface area (Å²) in [4.78, 5) is 25.4. The van der Waals surface area contributed by atoms with Crippen molar-refractivity contribution in [3.8, 4) is 11.5 Å². The lowest BCUT2D eigenvalue weighted by Gasteiger charge is -2.09. The number of hydrazone groups is 1. The first-order valence-electron chi connectivity index (χ1n) is 9.52. The molecule has 2 aromatic carbocycles. The van der Waals surface area contributed by atoms with Crippen LogP contribution in [0.2, 0.25) is 0 Å². The summed E-state index contributed by atoms with van der Waals surface area (Å²) in [5.41, 5.74) is 4.40. The van der Waals surface area contributed by atoms with Gasteiger partial charge in [-0.3, -0.25) is 9.59 Å². The highest BCUT2D eigenvalue weighted by atomic mass is 16.7. The van der Waals surface area contributed by atoms with E-state index in [1.54, 1.807) is 48.5 Å². The fourth-order valence-electron chi connectivity index (χ4n) is 2.94. The van der Waals surface area contributed by atoms with Gasteiger partial charge in [0.1, 0.15) is 5.70 Å². The van der Waals surface area contributed by atoms with Gasteiger partial charge in [0, 0.05) is 18.8 Å². The second-order valence-electron chi connectivity index (χ2n) is 6.73. The topological polar surface area (TPSA) is 94.0 Å². The predicted octanol–water partition coefficient (Wildman–Crippen LogP) is 2.68. The first-order valence-corrected chi connectivity index (χ1v) is 9.52. The van der Waals surface area contributed by atoms with Gasteiger partial charge in [-0.1, -0.05) is 24.3 Å². The molecule has 2 amide bonds. The lowest BCUT2D eigenvalue weighted by Crippen LogP contribution is -2.32. The number of amides is 2. The van der Waals surface area contributed by atoms with E-state index < -0.39 is 11.8 Å². The van der Waals surface area contributed by atoms with Crippen molar-refractivity contribution in [3.63, 3.8) is 0 Å². The summed E-state index contributed by atoms with van der Waals surface area (Å²) in [5, 5.41) is 6.66. The zero-order chi connectivity index (χ0) is 21.6. The number of nitrogens with one attached hydrogen (secondary N) is 2. The Morgan fingerprint density at radius 1 is 1.03 bits per heavy atom. The Morgan fingerprint density at radius 2 is 1.84 bits per heavy atom. The monoisotopic (exact) mass is 416 g/mol. The van der Waals surface area contributed by atoms with Gasteiger partial charge in [-0.2, -0.15) is 5.10 Å². The summed E-state index contributed by atoms with van der Waals surface area (Å²) in [6.07, 6.45) is 4.94. The molecule has 156 valence electrons. The third kappa shape index (κ3) is 4.81. The minimum Gasteiger partial charge on any atom is -0.454 e. The van der Waals surface area contributed by atoms with E-state index >= 15 is 0 Å². The van der Waals surface area contributed by atoms with E-state index in [4.69, 9.17) is 9.47 Å². The van der Waals surface area contributed by atoms with E-state index in [0.717, 1.165) is 5.69 Å². The number of nitrogens with zero attached hydrogens (tertiary/aromatic N) is 2. The SMILES string of the molecule is Cn1cccc1/C=N\NC(=O)/C(=C\c1ccc2c(c1)OCO2)NC(=O)c1ccccc1. The molecule has 4 rings (SSSR count). The third-order valence-corrected chi connectivity index (χ3v) is 4.58. The van der Waals surface area contributed by atoms with Gasteiger partial charge in [0.15, 0.2) is 11.5 Å². The number of carbonyl (C=O) groups is 2. The van der Waals surface area contributed by atoms with Crippen LogP contribution in [-0.4, -0.2) is 29.4 Å². The first-order chi connectivity index (χ1) is 15.1. The molecule has 2 heterocycles. The standard InChI is InChI=1S/C23H20N4O4/c1-27-11-5-8-18(27)14-24-26-23(29)19(25-22(28)17-6-3-2-4-7-17)12-16-9-10-20-21(13-16)31-15-30-20/h2-14H,15H2,1H3,(H,25,28)(H,26,29)/b19-12+,24-14-. The summed E-state index contributed by atoms with van der Waals surface area (Å²) in [6.45, 7) is 0.147. The van der Waals surface area contributed by atoms with Crippen LogP contribution in [0.15, 0.2) is 77.7 Å². The molecule has 0 bridgehead atoms. The number of rotatable bonds is 6. The molecule has 0 atom stereocenters. The molecule has 0 radical (unpaired) electrons. The quantitative estimate of drug-likeness (QED) is 0.367. The molecule has 2 N–H and O–H groups in total. The van der Waals surface area contributed by atoms with Crippen LogP contribution in [0.25, 0.3) is 6.08 Å². The number of aromatic nitrogens is 1. The fraction of sp³-hybridized carbons (Fsp3) is 0.0870. The van der Waals surface area contributed by atoms with Crippen molar-refractivity contribution in [1.29, 1.82) is 0 Å². The molecule has 0 saturated heterocycles. The molecule has 8 heteroatoms. The van der Waals surface area contributed by atoms with Crippen LogP contribution >= 0.6 is 0 Å². The molecule has 0 fully saturated rings. The van der Waals surface area contributed by atoms with E-state index in [1.807, 2.05) is 36.0 Å². The maximum Gasteiger partial charge on any atom is 0.287 e. The lowest BCUT2D eigenvalue weighted by atomic mass is 10.1. The van der Waals surface area contributed by atoms with E-state index in [1.165, 1.54) is 6.21 Å². The van der Waals surface area contributed by atoms with Crippen LogP contribution in [0.4, 0.5) is 0 Å². The number of carbonyl (C=O) groups excluding carboxylic acids is 2. The van der Waals surface area contributed by atoms with Gasteiger partial charge in [0.25, 0.3) is 11.8 Å². The zero-order valence-corrected chi connectivity index (χ0v) is 16.7. The van der Waals surface area contributed by atoms with Gasteiger partial charge < -0.3 is 19.4 Å². The summed E-state index contributed by atoms with van der Waals surface area (Å²) < 4.78 is 12.6. The minimum absolute atomic E-state index is 0.0387. The first kappa shape index (κ1) is 20.0. The van der Waals surface area contributed by atoms with Gasteiger partial charge in [0.2, 0.25) is 6.79 Å². The summed E-state index contributed by atoms with van der Waals surface area (Å²) in [7, 11) is 1.87. The van der Waals surface area contributed by atoms with E-state index in [9.17, 15) is 9.59 Å². The molecule has 0 spiro atoms. The van der Waals surface area contributed by atoms with Crippen LogP contribution in [0, 0.1) is 0 Å². The highest BCUT2D eigenvalue weighted by Gasteiger charge is 2.16. The largest absolute Gasteiger partial charge is 0.454 e. The Morgan fingerprint density at radius 3 is 2.61 bits per heavy atom. The summed E-state index contributed by atoms with van der Waals surface area (Å²) >= 11 is 0. The van der Waals surface area contributed by atoms with Crippen molar-refractivity contribution >= 4 is 24.1 Å². The molecular weight excluding hydrogens is 396 g/mol. The number of aryl methyl sites for hydroxylation is 1. The number of hydrogen-bond acceptors (Lipinski definition) is 5. The van der Waals surface area contributed by atoms with Gasteiger partial charge >= 0.3 is 0 Å². The summed E-state index contributed by atoms with van der Waals surface area (Å²) in [5.74, 6) is 0.231. The maximum atomic E-state index is 12.8. The molecule has 1 aliphatic rings. The molecule has 8 nitrogen and oxygen atoms in total. The molecule has 1 aliphatic heterocycles. The Labute approximate surface area is 178 Å². The Balaban J connectivity index is 1.57. The van der Waals surface area contributed by atoms with Crippen LogP contribution in [0.5, 0.6) is 11.5 Å².